The Bertz CT molecular complexity index is 15.5. The molecular formula is C3H11BBrP. The second-order valence-electron chi connectivity index (χ2n) is 1.34. The first-order chi connectivity index (χ1) is 2.73. The van der Waals surface area contributed by atoms with E-state index < -0.39 is 0 Å². The van der Waals surface area contributed by atoms with E-state index in [1.54, 1.807) is 0 Å². The van der Waals surface area contributed by atoms with Crippen molar-refractivity contribution in [1.29, 1.82) is 0 Å². The van der Waals surface area contributed by atoms with Crippen LogP contribution in [0.4, 0.5) is 0 Å². The molecule has 38 valence electrons. The lowest BCUT2D eigenvalue weighted by atomic mass is 10.8. The minimum atomic E-state index is 0.380. The van der Waals surface area contributed by atoms with E-state index in [-0.39, 0.29) is 0 Å². The molecule has 0 bridgehead atoms. The minimum absolute atomic E-state index is 0.380. The fourth-order valence-corrected chi connectivity index (χ4v) is 0. The van der Waals surface area contributed by atoms with Gasteiger partial charge in [0.2, 0.25) is 0 Å². The molecule has 0 aliphatic carbocycles. The van der Waals surface area contributed by atoms with Gasteiger partial charge in [0.1, 0.15) is 0 Å². The van der Waals surface area contributed by atoms with E-state index in [0.29, 0.717) is 7.92 Å². The zero-order valence-corrected chi connectivity index (χ0v) is 7.31. The highest BCUT2D eigenvalue weighted by Gasteiger charge is 1.65. The quantitative estimate of drug-likeness (QED) is 0.378. The van der Waals surface area contributed by atoms with Crippen molar-refractivity contribution in [3.05, 3.63) is 0 Å². The van der Waals surface area contributed by atoms with E-state index in [1.165, 1.54) is 0 Å². The van der Waals surface area contributed by atoms with Crippen LogP contribution in [-0.2, 0) is 0 Å². The molecule has 0 atom stereocenters. The van der Waals surface area contributed by atoms with Gasteiger partial charge in [0, 0.05) is 0 Å². The van der Waals surface area contributed by atoms with E-state index in [4.69, 9.17) is 0 Å². The second-order valence-corrected chi connectivity index (χ2v) is 4.02. The number of hydrogen-bond donors (Lipinski definition) is 0. The summed E-state index contributed by atoms with van der Waals surface area (Å²) in [6, 6.07) is 0. The van der Waals surface area contributed by atoms with Crippen molar-refractivity contribution in [1.82, 2.24) is 0 Å². The van der Waals surface area contributed by atoms with Crippen LogP contribution in [-0.4, -0.2) is 26.7 Å². The van der Waals surface area contributed by atoms with E-state index in [1.807, 2.05) is 6.67 Å². The molecular weight excluding hydrogens is 158 g/mol. The Balaban J connectivity index is 0. The molecule has 0 aliphatic rings. The Morgan fingerprint density at radius 2 is 1.17 bits per heavy atom. The van der Waals surface area contributed by atoms with Crippen molar-refractivity contribution in [2.45, 2.75) is 0 Å². The van der Waals surface area contributed by atoms with Gasteiger partial charge >= 0.3 is 0 Å². The average Bonchev–Trinajstić information content (AvgIpc) is 1.41. The molecule has 0 aromatic carbocycles. The first kappa shape index (κ1) is 10.1. The van der Waals surface area contributed by atoms with Gasteiger partial charge in [-0.05, 0) is 20.0 Å². The molecule has 0 fully saturated rings. The van der Waals surface area contributed by atoms with Crippen LogP contribution in [0.25, 0.3) is 0 Å². The summed E-state index contributed by atoms with van der Waals surface area (Å²) < 4.78 is 0. The first-order valence-electron chi connectivity index (χ1n) is 1.72. The third kappa shape index (κ3) is 82.7. The molecule has 0 N–H and O–H groups in total. The first-order valence-corrected chi connectivity index (χ1v) is 5.99. The summed E-state index contributed by atoms with van der Waals surface area (Å²) in [4.78, 5) is 0. The summed E-state index contributed by atoms with van der Waals surface area (Å²) >= 11 is 2.94. The maximum atomic E-state index is 2.94. The standard InChI is InChI=1S/C3H9P.BBrH2/c1-4(2)3;1-2/h1-3H3;1H2. The van der Waals surface area contributed by atoms with Crippen LogP contribution in [0.5, 0.6) is 0 Å². The Hall–Kier alpha value is 0.975. The summed E-state index contributed by atoms with van der Waals surface area (Å²) in [6.07, 6.45) is 0. The Morgan fingerprint density at radius 3 is 1.17 bits per heavy atom. The van der Waals surface area contributed by atoms with Crippen LogP contribution in [0.15, 0.2) is 0 Å². The zero-order chi connectivity index (χ0) is 5.58. The fourth-order valence-electron chi connectivity index (χ4n) is 0. The van der Waals surface area contributed by atoms with Gasteiger partial charge < -0.3 is 0 Å². The van der Waals surface area contributed by atoms with Crippen molar-refractivity contribution in [2.75, 3.05) is 20.0 Å². The molecule has 0 aliphatic heterocycles. The van der Waals surface area contributed by atoms with Gasteiger partial charge in [-0.3, -0.25) is 0 Å². The average molecular weight is 169 g/mol. The SMILES string of the molecule is BBr.CP(C)C. The van der Waals surface area contributed by atoms with Crippen LogP contribution >= 0.6 is 23.7 Å². The van der Waals surface area contributed by atoms with Gasteiger partial charge in [-0.25, -0.2) is 0 Å². The summed E-state index contributed by atoms with van der Waals surface area (Å²) in [6.45, 7) is 8.51. The summed E-state index contributed by atoms with van der Waals surface area (Å²) in [5.41, 5.74) is 0. The van der Waals surface area contributed by atoms with Crippen LogP contribution in [0.2, 0.25) is 0 Å². The van der Waals surface area contributed by atoms with Crippen LogP contribution in [0.3, 0.4) is 0 Å². The van der Waals surface area contributed by atoms with E-state index in [2.05, 4.69) is 35.8 Å². The van der Waals surface area contributed by atoms with Gasteiger partial charge in [-0.1, -0.05) is 0 Å². The molecule has 0 amide bonds. The third-order valence-electron chi connectivity index (χ3n) is 0. The lowest BCUT2D eigenvalue weighted by Gasteiger charge is -1.81. The topological polar surface area (TPSA) is 0 Å². The summed E-state index contributed by atoms with van der Waals surface area (Å²) in [5.74, 6) is 0. The third-order valence-corrected chi connectivity index (χ3v) is 0. The molecule has 0 aromatic heterocycles. The van der Waals surface area contributed by atoms with Crippen LogP contribution < -0.4 is 0 Å². The predicted molar refractivity (Wildman–Crippen MR) is 42.2 cm³/mol. The second kappa shape index (κ2) is 9.36. The fraction of sp³-hybridized carbons (Fsp3) is 1.00. The summed E-state index contributed by atoms with van der Waals surface area (Å²) in [5, 5.41) is 0. The maximum absolute atomic E-state index is 2.94. The van der Waals surface area contributed by atoms with E-state index in [0.717, 1.165) is 0 Å². The maximum Gasteiger partial charge on any atom is 0.186 e. The highest BCUT2D eigenvalue weighted by molar-refractivity contribution is 9.22. The monoisotopic (exact) mass is 168 g/mol. The normalized spacial score (nSPS) is 6.83. The number of hydrogen-bond acceptors (Lipinski definition) is 0. The molecule has 0 spiro atoms. The van der Waals surface area contributed by atoms with Crippen molar-refractivity contribution < 1.29 is 0 Å². The lowest BCUT2D eigenvalue weighted by Crippen LogP contribution is -1.48. The Kier molecular flexibility index (Phi) is 15.7. The van der Waals surface area contributed by atoms with Crippen molar-refractivity contribution in [3.8, 4) is 0 Å². The minimum Gasteiger partial charge on any atom is -0.168 e. The molecule has 6 heavy (non-hydrogen) atoms. The van der Waals surface area contributed by atoms with Gasteiger partial charge in [0.25, 0.3) is 0 Å². The Morgan fingerprint density at radius 1 is 1.17 bits per heavy atom. The zero-order valence-electron chi connectivity index (χ0n) is 4.83. The summed E-state index contributed by atoms with van der Waals surface area (Å²) in [7, 11) is 0.380. The van der Waals surface area contributed by atoms with Gasteiger partial charge in [0.05, 0.1) is 0 Å². The van der Waals surface area contributed by atoms with Crippen molar-refractivity contribution >= 4 is 30.3 Å². The van der Waals surface area contributed by atoms with Crippen LogP contribution in [0.1, 0.15) is 0 Å². The molecule has 0 saturated carbocycles. The molecule has 0 rings (SSSR count). The number of rotatable bonds is 0. The Labute approximate surface area is 50.8 Å². The molecule has 0 nitrogen and oxygen atoms in total. The van der Waals surface area contributed by atoms with Gasteiger partial charge in [-0.2, -0.15) is 15.8 Å². The smallest absolute Gasteiger partial charge is 0.168 e. The van der Waals surface area contributed by atoms with Crippen molar-refractivity contribution in [3.63, 3.8) is 0 Å². The van der Waals surface area contributed by atoms with Crippen LogP contribution in [0, 0.1) is 0 Å². The number of halogens is 1. The molecule has 0 aromatic rings. The highest BCUT2D eigenvalue weighted by atomic mass is 79.9. The largest absolute Gasteiger partial charge is 0.186 e. The molecule has 0 heterocycles. The van der Waals surface area contributed by atoms with Gasteiger partial charge in [-0.15, -0.1) is 7.92 Å². The van der Waals surface area contributed by atoms with Crippen molar-refractivity contribution in [2.24, 2.45) is 0 Å². The molecule has 3 heteroatoms. The highest BCUT2D eigenvalue weighted by Crippen LogP contribution is 2.14. The van der Waals surface area contributed by atoms with E-state index in [9.17, 15) is 0 Å². The molecule has 0 saturated heterocycles. The molecule has 0 unspecified atom stereocenters. The van der Waals surface area contributed by atoms with Gasteiger partial charge in [0.15, 0.2) is 6.67 Å². The predicted octanol–water partition coefficient (Wildman–Crippen LogP) is 1.29. The molecule has 0 radical (unpaired) electrons. The lowest BCUT2D eigenvalue weighted by molar-refractivity contribution is 2.13. The van der Waals surface area contributed by atoms with E-state index >= 15 is 0 Å².